The van der Waals surface area contributed by atoms with Crippen LogP contribution in [0.15, 0.2) is 0 Å². The molecule has 0 fully saturated rings. The fraction of sp³-hybridized carbons (Fsp3) is 0.714. The molecule has 8 N–H and O–H groups in total. The number of nitrogens with two attached hydrogens (primary N) is 2. The highest BCUT2D eigenvalue weighted by Crippen LogP contribution is 1.85. The zero-order chi connectivity index (χ0) is 12.6. The molecular weight excluding hydrogens is 208 g/mol. The third-order valence-electron chi connectivity index (χ3n) is 1.32. The zero-order valence-electron chi connectivity index (χ0n) is 8.20. The Morgan fingerprint density at radius 2 is 1.60 bits per heavy atom. The number of aliphatic hydroxyl groups is 2. The molecule has 0 aliphatic heterocycles. The Morgan fingerprint density at radius 1 is 1.20 bits per heavy atom. The van der Waals surface area contributed by atoms with Crippen LogP contribution in [0.1, 0.15) is 6.92 Å². The van der Waals surface area contributed by atoms with Crippen molar-refractivity contribution in [3.8, 4) is 0 Å². The van der Waals surface area contributed by atoms with E-state index in [9.17, 15) is 9.59 Å². The molecule has 0 aliphatic carbocycles. The van der Waals surface area contributed by atoms with E-state index in [0.29, 0.717) is 0 Å². The first kappa shape index (κ1) is 16.2. The van der Waals surface area contributed by atoms with Crippen LogP contribution in [0, 0.1) is 0 Å². The van der Waals surface area contributed by atoms with E-state index in [1.807, 2.05) is 0 Å². The standard InChI is InChI=1S/C4H9NO3.C3H7NO3/c1-2(6)3(5)4(7)8;4-2(1-5)3(6)7/h2-3,6H,5H2,1H3,(H,7,8);2,5H,1,4H2,(H,6,7)/t2?,3-;2-/m11/s1. The molecule has 0 aromatic rings. The van der Waals surface area contributed by atoms with Gasteiger partial charge in [0.05, 0.1) is 12.7 Å². The third-order valence-corrected chi connectivity index (χ3v) is 1.32. The van der Waals surface area contributed by atoms with Gasteiger partial charge in [-0.3, -0.25) is 9.59 Å². The van der Waals surface area contributed by atoms with Crippen LogP contribution in [0.25, 0.3) is 0 Å². The Bertz CT molecular complexity index is 208. The van der Waals surface area contributed by atoms with Gasteiger partial charge in [-0.1, -0.05) is 0 Å². The average molecular weight is 224 g/mol. The molecule has 15 heavy (non-hydrogen) atoms. The van der Waals surface area contributed by atoms with Crippen LogP contribution in [0.4, 0.5) is 0 Å². The van der Waals surface area contributed by atoms with Crippen LogP contribution in [-0.4, -0.2) is 57.2 Å². The summed E-state index contributed by atoms with van der Waals surface area (Å²) in [6.45, 7) is 0.827. The van der Waals surface area contributed by atoms with Gasteiger partial charge in [0, 0.05) is 0 Å². The van der Waals surface area contributed by atoms with E-state index in [1.54, 1.807) is 0 Å². The van der Waals surface area contributed by atoms with E-state index < -0.39 is 36.7 Å². The van der Waals surface area contributed by atoms with Crippen LogP contribution in [0.5, 0.6) is 0 Å². The molecule has 0 bridgehead atoms. The Morgan fingerprint density at radius 3 is 1.60 bits per heavy atom. The molecule has 0 aliphatic rings. The van der Waals surface area contributed by atoms with Crippen LogP contribution < -0.4 is 11.5 Å². The fourth-order valence-electron chi connectivity index (χ4n) is 0.284. The summed E-state index contributed by atoms with van der Waals surface area (Å²) < 4.78 is 0. The molecule has 8 heteroatoms. The van der Waals surface area contributed by atoms with Gasteiger partial charge in [-0.25, -0.2) is 0 Å². The summed E-state index contributed by atoms with van der Waals surface area (Å²) in [6, 6.07) is -2.28. The second kappa shape index (κ2) is 8.12. The van der Waals surface area contributed by atoms with Gasteiger partial charge in [0.1, 0.15) is 12.1 Å². The molecule has 0 aromatic heterocycles. The zero-order valence-corrected chi connectivity index (χ0v) is 8.20. The highest BCUT2D eigenvalue weighted by atomic mass is 16.4. The molecule has 1 unspecified atom stereocenters. The van der Waals surface area contributed by atoms with Gasteiger partial charge in [0.2, 0.25) is 0 Å². The van der Waals surface area contributed by atoms with Crippen LogP contribution >= 0.6 is 0 Å². The minimum Gasteiger partial charge on any atom is -0.480 e. The Kier molecular flexibility index (Phi) is 8.78. The predicted molar refractivity (Wildman–Crippen MR) is 50.0 cm³/mol. The maximum absolute atomic E-state index is 9.86. The Labute approximate surface area is 86.1 Å². The van der Waals surface area contributed by atoms with E-state index in [0.717, 1.165) is 0 Å². The van der Waals surface area contributed by atoms with Crippen LogP contribution in [0.2, 0.25) is 0 Å². The molecule has 0 radical (unpaired) electrons. The van der Waals surface area contributed by atoms with E-state index >= 15 is 0 Å². The maximum atomic E-state index is 9.86. The SMILES string of the molecule is CC(O)[C@@H](N)C(=O)O.N[C@H](CO)C(=O)O. The summed E-state index contributed by atoms with van der Waals surface area (Å²) in [5.74, 6) is -2.36. The number of rotatable bonds is 4. The summed E-state index contributed by atoms with van der Waals surface area (Å²) in [4.78, 5) is 19.5. The smallest absolute Gasteiger partial charge is 0.323 e. The predicted octanol–water partition coefficient (Wildman–Crippen LogP) is -2.83. The van der Waals surface area contributed by atoms with E-state index in [4.69, 9.17) is 31.9 Å². The Balaban J connectivity index is 0. The summed E-state index contributed by atoms with van der Waals surface area (Å²) in [7, 11) is 0. The second-order valence-electron chi connectivity index (χ2n) is 2.73. The lowest BCUT2D eigenvalue weighted by molar-refractivity contribution is -0.141. The lowest BCUT2D eigenvalue weighted by Crippen LogP contribution is -2.39. The highest BCUT2D eigenvalue weighted by molar-refractivity contribution is 5.73. The molecule has 3 atom stereocenters. The molecule has 0 saturated heterocycles. The van der Waals surface area contributed by atoms with Gasteiger partial charge in [-0.15, -0.1) is 0 Å². The minimum atomic E-state index is -1.18. The van der Waals surface area contributed by atoms with E-state index in [2.05, 4.69) is 0 Å². The molecule has 0 amide bonds. The molecule has 8 nitrogen and oxygen atoms in total. The van der Waals surface area contributed by atoms with Gasteiger partial charge < -0.3 is 31.9 Å². The molecule has 0 rings (SSSR count). The number of carbonyl (C=O) groups is 2. The van der Waals surface area contributed by atoms with Crippen LogP contribution in [0.3, 0.4) is 0 Å². The minimum absolute atomic E-state index is 0.505. The van der Waals surface area contributed by atoms with Crippen molar-refractivity contribution >= 4 is 11.9 Å². The number of carboxylic acids is 2. The van der Waals surface area contributed by atoms with Crippen molar-refractivity contribution in [1.82, 2.24) is 0 Å². The quantitative estimate of drug-likeness (QED) is 0.297. The van der Waals surface area contributed by atoms with Crippen LogP contribution in [-0.2, 0) is 9.59 Å². The first-order valence-electron chi connectivity index (χ1n) is 3.99. The van der Waals surface area contributed by atoms with Crippen molar-refractivity contribution in [2.45, 2.75) is 25.1 Å². The normalized spacial score (nSPS) is 15.5. The first-order valence-corrected chi connectivity index (χ1v) is 3.99. The topological polar surface area (TPSA) is 167 Å². The molecule has 0 saturated carbocycles. The molecule has 0 heterocycles. The van der Waals surface area contributed by atoms with Gasteiger partial charge >= 0.3 is 11.9 Å². The summed E-state index contributed by atoms with van der Waals surface area (Å²) in [5.41, 5.74) is 9.68. The number of hydrogen-bond acceptors (Lipinski definition) is 6. The summed E-state index contributed by atoms with van der Waals surface area (Å²) in [6.07, 6.45) is -0.979. The number of hydrogen-bond donors (Lipinski definition) is 6. The van der Waals surface area contributed by atoms with Gasteiger partial charge in [0.25, 0.3) is 0 Å². The highest BCUT2D eigenvalue weighted by Gasteiger charge is 2.16. The van der Waals surface area contributed by atoms with Gasteiger partial charge in [0.15, 0.2) is 0 Å². The second-order valence-corrected chi connectivity index (χ2v) is 2.73. The lowest BCUT2D eigenvalue weighted by Gasteiger charge is -2.06. The molecule has 0 spiro atoms. The number of aliphatic carboxylic acids is 2. The van der Waals surface area contributed by atoms with Crippen molar-refractivity contribution in [2.75, 3.05) is 6.61 Å². The maximum Gasteiger partial charge on any atom is 0.323 e. The average Bonchev–Trinajstić information content (AvgIpc) is 2.15. The van der Waals surface area contributed by atoms with Gasteiger partial charge in [-0.2, -0.15) is 0 Å². The van der Waals surface area contributed by atoms with Crippen molar-refractivity contribution < 1.29 is 30.0 Å². The summed E-state index contributed by atoms with van der Waals surface area (Å²) in [5, 5.41) is 32.4. The number of aliphatic hydroxyl groups excluding tert-OH is 2. The van der Waals surface area contributed by atoms with Crippen molar-refractivity contribution in [2.24, 2.45) is 11.5 Å². The monoisotopic (exact) mass is 224 g/mol. The number of carboxylic acid groups (broad SMARTS) is 2. The van der Waals surface area contributed by atoms with Crippen molar-refractivity contribution in [1.29, 1.82) is 0 Å². The fourth-order valence-corrected chi connectivity index (χ4v) is 0.284. The van der Waals surface area contributed by atoms with Crippen molar-refractivity contribution in [3.63, 3.8) is 0 Å². The molecule has 90 valence electrons. The summed E-state index contributed by atoms with van der Waals surface area (Å²) >= 11 is 0. The first-order chi connectivity index (χ1) is 6.73. The Hall–Kier alpha value is -1.22. The van der Waals surface area contributed by atoms with E-state index in [-0.39, 0.29) is 0 Å². The largest absolute Gasteiger partial charge is 0.480 e. The molecule has 0 aromatic carbocycles. The third kappa shape index (κ3) is 9.09. The lowest BCUT2D eigenvalue weighted by atomic mass is 10.2. The van der Waals surface area contributed by atoms with E-state index in [1.165, 1.54) is 6.92 Å². The molecular formula is C7H16N2O6. The van der Waals surface area contributed by atoms with Crippen molar-refractivity contribution in [3.05, 3.63) is 0 Å². The van der Waals surface area contributed by atoms with Gasteiger partial charge in [-0.05, 0) is 6.92 Å².